The minimum absolute atomic E-state index is 0.107. The fraction of sp³-hybridized carbons (Fsp3) is 0.533. The number of hydrogen-bond donors (Lipinski definition) is 1. The number of benzene rings is 1. The van der Waals surface area contributed by atoms with E-state index in [2.05, 4.69) is 0 Å². The molecule has 5 heteroatoms. The van der Waals surface area contributed by atoms with Crippen molar-refractivity contribution in [2.24, 2.45) is 0 Å². The lowest BCUT2D eigenvalue weighted by Crippen LogP contribution is -2.10. The van der Waals surface area contributed by atoms with E-state index in [-0.39, 0.29) is 18.0 Å². The first-order valence-corrected chi connectivity index (χ1v) is 6.82. The summed E-state index contributed by atoms with van der Waals surface area (Å²) in [4.78, 5) is 10.8. The summed E-state index contributed by atoms with van der Waals surface area (Å²) in [5.74, 6) is -0.920. The Balaban J connectivity index is 1.63. The number of aromatic carboxylic acids is 1. The third-order valence-corrected chi connectivity index (χ3v) is 3.07. The van der Waals surface area contributed by atoms with E-state index in [0.717, 1.165) is 18.4 Å². The minimum atomic E-state index is -0.920. The fourth-order valence-corrected chi connectivity index (χ4v) is 2.07. The smallest absolute Gasteiger partial charge is 0.335 e. The van der Waals surface area contributed by atoms with Crippen LogP contribution in [0.4, 0.5) is 0 Å². The van der Waals surface area contributed by atoms with Gasteiger partial charge in [0.2, 0.25) is 0 Å². The molecular formula is C15H20O5. The molecule has 1 unspecified atom stereocenters. The van der Waals surface area contributed by atoms with Gasteiger partial charge in [-0.25, -0.2) is 4.79 Å². The highest BCUT2D eigenvalue weighted by atomic mass is 16.7. The molecule has 2 atom stereocenters. The largest absolute Gasteiger partial charge is 0.478 e. The summed E-state index contributed by atoms with van der Waals surface area (Å²) in [5.41, 5.74) is 1.15. The van der Waals surface area contributed by atoms with Crippen LogP contribution in [0.3, 0.4) is 0 Å². The molecule has 1 saturated heterocycles. The Labute approximate surface area is 118 Å². The van der Waals surface area contributed by atoms with Gasteiger partial charge in [0, 0.05) is 13.0 Å². The van der Waals surface area contributed by atoms with Gasteiger partial charge in [0.15, 0.2) is 6.29 Å². The molecule has 0 aliphatic carbocycles. The van der Waals surface area contributed by atoms with Crippen molar-refractivity contribution in [3.8, 4) is 0 Å². The summed E-state index contributed by atoms with van der Waals surface area (Å²) in [6.45, 7) is 3.68. The molecule has 1 N–H and O–H groups in total. The summed E-state index contributed by atoms with van der Waals surface area (Å²) in [6.07, 6.45) is 1.75. The molecule has 0 aromatic heterocycles. The van der Waals surface area contributed by atoms with Gasteiger partial charge in [-0.1, -0.05) is 12.1 Å². The molecule has 110 valence electrons. The lowest BCUT2D eigenvalue weighted by molar-refractivity contribution is -0.0639. The van der Waals surface area contributed by atoms with Crippen LogP contribution in [-0.4, -0.2) is 36.7 Å². The first kappa shape index (κ1) is 15.0. The fourth-order valence-electron chi connectivity index (χ4n) is 2.07. The van der Waals surface area contributed by atoms with Crippen LogP contribution in [0.25, 0.3) is 0 Å². The standard InChI is InChI=1S/C15H20O5/c1-11-9-19-14(20-11)6-3-7-18-10-12-4-2-5-13(8-12)15(16)17/h2,4-5,8,11,14H,3,6-7,9-10H2,1H3,(H,16,17)/t11-,14?/m1/s1. The SMILES string of the molecule is C[C@@H]1COC(CCCOCc2cccc(C(=O)O)c2)O1. The van der Waals surface area contributed by atoms with Crippen molar-refractivity contribution in [3.63, 3.8) is 0 Å². The molecule has 0 saturated carbocycles. The molecule has 0 bridgehead atoms. The summed E-state index contributed by atoms with van der Waals surface area (Å²) in [7, 11) is 0. The maximum absolute atomic E-state index is 10.8. The van der Waals surface area contributed by atoms with Crippen molar-refractivity contribution < 1.29 is 24.1 Å². The van der Waals surface area contributed by atoms with E-state index in [4.69, 9.17) is 19.3 Å². The van der Waals surface area contributed by atoms with Gasteiger partial charge in [0.05, 0.1) is 24.9 Å². The maximum atomic E-state index is 10.8. The first-order chi connectivity index (χ1) is 9.65. The number of ether oxygens (including phenoxy) is 3. The molecule has 0 spiro atoms. The van der Waals surface area contributed by atoms with Gasteiger partial charge in [0.1, 0.15) is 0 Å². The van der Waals surface area contributed by atoms with Crippen molar-refractivity contribution in [1.82, 2.24) is 0 Å². The first-order valence-electron chi connectivity index (χ1n) is 6.82. The quantitative estimate of drug-likeness (QED) is 0.777. The highest BCUT2D eigenvalue weighted by Gasteiger charge is 2.21. The lowest BCUT2D eigenvalue weighted by atomic mass is 10.1. The molecule has 0 amide bonds. The Morgan fingerprint density at radius 3 is 3.05 bits per heavy atom. The van der Waals surface area contributed by atoms with Gasteiger partial charge in [0.25, 0.3) is 0 Å². The van der Waals surface area contributed by atoms with Crippen LogP contribution in [0.1, 0.15) is 35.7 Å². The van der Waals surface area contributed by atoms with Crippen molar-refractivity contribution in [2.45, 2.75) is 38.8 Å². The molecule has 2 rings (SSSR count). The molecule has 5 nitrogen and oxygen atoms in total. The van der Waals surface area contributed by atoms with Gasteiger partial charge in [-0.15, -0.1) is 0 Å². The third kappa shape index (κ3) is 4.59. The second-order valence-corrected chi connectivity index (χ2v) is 4.91. The predicted octanol–water partition coefficient (Wildman–Crippen LogP) is 2.44. The van der Waals surface area contributed by atoms with Crippen molar-refractivity contribution in [1.29, 1.82) is 0 Å². The zero-order valence-corrected chi connectivity index (χ0v) is 11.6. The third-order valence-electron chi connectivity index (χ3n) is 3.07. The molecule has 1 aliphatic rings. The van der Waals surface area contributed by atoms with E-state index in [1.165, 1.54) is 0 Å². The second-order valence-electron chi connectivity index (χ2n) is 4.91. The van der Waals surface area contributed by atoms with Crippen molar-refractivity contribution in [2.75, 3.05) is 13.2 Å². The van der Waals surface area contributed by atoms with E-state index in [1.54, 1.807) is 18.2 Å². The topological polar surface area (TPSA) is 65.0 Å². The van der Waals surface area contributed by atoms with E-state index < -0.39 is 5.97 Å². The van der Waals surface area contributed by atoms with Crippen LogP contribution >= 0.6 is 0 Å². The molecule has 1 fully saturated rings. The Kier molecular flexibility index (Phi) is 5.52. The molecule has 1 aliphatic heterocycles. The number of carboxylic acid groups (broad SMARTS) is 1. The molecule has 1 aromatic rings. The lowest BCUT2D eigenvalue weighted by Gasteiger charge is -2.10. The van der Waals surface area contributed by atoms with Crippen LogP contribution in [0.5, 0.6) is 0 Å². The Morgan fingerprint density at radius 1 is 1.50 bits per heavy atom. The normalized spacial score (nSPS) is 22.1. The van der Waals surface area contributed by atoms with Crippen LogP contribution in [0.2, 0.25) is 0 Å². The van der Waals surface area contributed by atoms with Crippen LogP contribution < -0.4 is 0 Å². The van der Waals surface area contributed by atoms with Gasteiger partial charge < -0.3 is 19.3 Å². The Hall–Kier alpha value is -1.43. The predicted molar refractivity (Wildman–Crippen MR) is 72.6 cm³/mol. The number of carbonyl (C=O) groups is 1. The summed E-state index contributed by atoms with van der Waals surface area (Å²) < 4.78 is 16.5. The van der Waals surface area contributed by atoms with Crippen LogP contribution in [-0.2, 0) is 20.8 Å². The van der Waals surface area contributed by atoms with Gasteiger partial charge in [-0.05, 0) is 31.0 Å². The summed E-state index contributed by atoms with van der Waals surface area (Å²) in [5, 5.41) is 8.89. The van der Waals surface area contributed by atoms with Gasteiger partial charge in [-0.3, -0.25) is 0 Å². The molecular weight excluding hydrogens is 260 g/mol. The maximum Gasteiger partial charge on any atom is 0.335 e. The average molecular weight is 280 g/mol. The van der Waals surface area contributed by atoms with E-state index >= 15 is 0 Å². The van der Waals surface area contributed by atoms with Gasteiger partial charge >= 0.3 is 5.97 Å². The Bertz CT molecular complexity index is 446. The highest BCUT2D eigenvalue weighted by Crippen LogP contribution is 2.15. The van der Waals surface area contributed by atoms with E-state index in [1.807, 2.05) is 13.0 Å². The highest BCUT2D eigenvalue weighted by molar-refractivity contribution is 5.87. The number of carboxylic acids is 1. The number of rotatable bonds is 7. The number of hydrogen-bond acceptors (Lipinski definition) is 4. The minimum Gasteiger partial charge on any atom is -0.478 e. The molecule has 1 aromatic carbocycles. The van der Waals surface area contributed by atoms with Gasteiger partial charge in [-0.2, -0.15) is 0 Å². The summed E-state index contributed by atoms with van der Waals surface area (Å²) >= 11 is 0. The Morgan fingerprint density at radius 2 is 2.35 bits per heavy atom. The second kappa shape index (κ2) is 7.38. The molecule has 1 heterocycles. The molecule has 20 heavy (non-hydrogen) atoms. The van der Waals surface area contributed by atoms with Crippen LogP contribution in [0, 0.1) is 0 Å². The molecule has 0 radical (unpaired) electrons. The monoisotopic (exact) mass is 280 g/mol. The zero-order valence-electron chi connectivity index (χ0n) is 11.6. The van der Waals surface area contributed by atoms with E-state index in [9.17, 15) is 4.79 Å². The average Bonchev–Trinajstić information content (AvgIpc) is 2.84. The van der Waals surface area contributed by atoms with Crippen LogP contribution in [0.15, 0.2) is 24.3 Å². The van der Waals surface area contributed by atoms with E-state index in [0.29, 0.717) is 19.8 Å². The summed E-state index contributed by atoms with van der Waals surface area (Å²) in [6, 6.07) is 6.79. The zero-order chi connectivity index (χ0) is 14.4. The van der Waals surface area contributed by atoms with Crippen molar-refractivity contribution >= 4 is 5.97 Å². The van der Waals surface area contributed by atoms with Crippen molar-refractivity contribution in [3.05, 3.63) is 35.4 Å².